The molecule has 1 aliphatic carbocycles. The third kappa shape index (κ3) is 2.76. The molecule has 1 aliphatic heterocycles. The molecule has 1 heterocycles. The van der Waals surface area contributed by atoms with Gasteiger partial charge in [0.05, 0.1) is 6.10 Å². The summed E-state index contributed by atoms with van der Waals surface area (Å²) in [7, 11) is 2.24. The molecule has 0 N–H and O–H groups in total. The van der Waals surface area contributed by atoms with E-state index in [1.807, 2.05) is 0 Å². The van der Waals surface area contributed by atoms with E-state index in [4.69, 9.17) is 4.74 Å². The van der Waals surface area contributed by atoms with Crippen molar-refractivity contribution < 1.29 is 4.74 Å². The van der Waals surface area contributed by atoms with Crippen LogP contribution >= 0.6 is 0 Å². The summed E-state index contributed by atoms with van der Waals surface area (Å²) >= 11 is 0. The normalized spacial score (nSPS) is 35.3. The van der Waals surface area contributed by atoms with Crippen molar-refractivity contribution in [2.45, 2.75) is 39.2 Å². The minimum absolute atomic E-state index is 0.500. The van der Waals surface area contributed by atoms with Crippen molar-refractivity contribution in [3.8, 4) is 0 Å². The van der Waals surface area contributed by atoms with Crippen LogP contribution in [-0.2, 0) is 4.74 Å². The molecule has 2 rings (SSSR count). The minimum Gasteiger partial charge on any atom is -0.378 e. The highest BCUT2D eigenvalue weighted by atomic mass is 16.5. The Kier molecular flexibility index (Phi) is 3.73. The Morgan fingerprint density at radius 1 is 1.40 bits per heavy atom. The number of hydrogen-bond donors (Lipinski definition) is 0. The summed E-state index contributed by atoms with van der Waals surface area (Å²) in [6.07, 6.45) is 4.75. The fraction of sp³-hybridized carbons (Fsp3) is 1.00. The van der Waals surface area contributed by atoms with Gasteiger partial charge in [-0.05, 0) is 64.0 Å². The van der Waals surface area contributed by atoms with Gasteiger partial charge in [0.1, 0.15) is 0 Å². The first kappa shape index (κ1) is 11.5. The van der Waals surface area contributed by atoms with Gasteiger partial charge in [-0.15, -0.1) is 0 Å². The van der Waals surface area contributed by atoms with Crippen molar-refractivity contribution >= 4 is 7.98 Å². The van der Waals surface area contributed by atoms with Gasteiger partial charge >= 0.3 is 0 Å². The number of nitrogens with zero attached hydrogens (tertiary/aromatic N) is 1. The second-order valence-electron chi connectivity index (χ2n) is 5.36. The van der Waals surface area contributed by atoms with Gasteiger partial charge in [0.2, 0.25) is 0 Å². The minimum atomic E-state index is 0.500. The molecule has 86 valence electrons. The van der Waals surface area contributed by atoms with E-state index in [0.717, 1.165) is 24.4 Å². The fourth-order valence-corrected chi connectivity index (χ4v) is 3.16. The third-order valence-electron chi connectivity index (χ3n) is 4.29. The Bertz CT molecular complexity index is 204. The average molecular weight is 209 g/mol. The van der Waals surface area contributed by atoms with Crippen LogP contribution in [0.3, 0.4) is 0 Å². The molecule has 3 heteroatoms. The molecule has 0 aromatic heterocycles. The molecule has 2 aliphatic rings. The molecule has 2 fully saturated rings. The van der Waals surface area contributed by atoms with E-state index < -0.39 is 0 Å². The smallest absolute Gasteiger partial charge is 0.185 e. The Morgan fingerprint density at radius 3 is 2.67 bits per heavy atom. The Morgan fingerprint density at radius 2 is 2.07 bits per heavy atom. The molecule has 1 saturated heterocycles. The van der Waals surface area contributed by atoms with E-state index in [0.29, 0.717) is 6.10 Å². The lowest BCUT2D eigenvalue weighted by Gasteiger charge is -2.30. The molecule has 0 spiro atoms. The van der Waals surface area contributed by atoms with Crippen LogP contribution in [0.2, 0.25) is 0 Å². The van der Waals surface area contributed by atoms with Crippen molar-refractivity contribution in [3.05, 3.63) is 0 Å². The molecular formula is C12H24BNO. The van der Waals surface area contributed by atoms with Crippen molar-refractivity contribution in [2.24, 2.45) is 17.8 Å². The van der Waals surface area contributed by atoms with E-state index in [1.54, 1.807) is 0 Å². The van der Waals surface area contributed by atoms with Gasteiger partial charge in [0.15, 0.2) is 7.98 Å². The lowest BCUT2D eigenvalue weighted by Crippen LogP contribution is -2.32. The summed E-state index contributed by atoms with van der Waals surface area (Å²) in [6.45, 7) is 7.83. The zero-order valence-electron chi connectivity index (χ0n) is 10.4. The highest BCUT2D eigenvalue weighted by molar-refractivity contribution is 6.04. The molecule has 3 atom stereocenters. The van der Waals surface area contributed by atoms with E-state index in [-0.39, 0.29) is 0 Å². The van der Waals surface area contributed by atoms with Crippen LogP contribution in [0.25, 0.3) is 0 Å². The highest BCUT2D eigenvalue weighted by Gasteiger charge is 2.46. The van der Waals surface area contributed by atoms with Gasteiger partial charge in [0.25, 0.3) is 0 Å². The lowest BCUT2D eigenvalue weighted by atomic mass is 9.89. The second-order valence-corrected chi connectivity index (χ2v) is 5.36. The highest BCUT2D eigenvalue weighted by Crippen LogP contribution is 2.50. The first-order valence-corrected chi connectivity index (χ1v) is 6.52. The van der Waals surface area contributed by atoms with E-state index >= 15 is 0 Å². The standard InChI is InChI=1S/C12H24BNO/c1-3-15-9(2)11-8-12(11)10-4-6-14(13)7-5-10/h9-12H,3-8,13H2,1-2H3/t9?,11-,12+/m0/s1. The molecule has 2 nitrogen and oxygen atoms in total. The summed E-state index contributed by atoms with van der Waals surface area (Å²) in [5.41, 5.74) is 0. The zero-order chi connectivity index (χ0) is 10.8. The summed E-state index contributed by atoms with van der Waals surface area (Å²) in [6, 6.07) is 0. The number of piperidine rings is 1. The van der Waals surface area contributed by atoms with Crippen LogP contribution in [0.4, 0.5) is 0 Å². The fourth-order valence-electron chi connectivity index (χ4n) is 3.16. The lowest BCUT2D eigenvalue weighted by molar-refractivity contribution is 0.0526. The Hall–Kier alpha value is -0.0151. The van der Waals surface area contributed by atoms with Crippen LogP contribution in [0.5, 0.6) is 0 Å². The van der Waals surface area contributed by atoms with Gasteiger partial charge in [-0.3, -0.25) is 0 Å². The third-order valence-corrected chi connectivity index (χ3v) is 4.29. The van der Waals surface area contributed by atoms with Gasteiger partial charge in [-0.25, -0.2) is 0 Å². The Labute approximate surface area is 94.8 Å². The van der Waals surface area contributed by atoms with E-state index in [2.05, 4.69) is 26.6 Å². The molecule has 0 amide bonds. The van der Waals surface area contributed by atoms with Crippen LogP contribution < -0.4 is 0 Å². The number of ether oxygens (including phenoxy) is 1. The van der Waals surface area contributed by atoms with Crippen molar-refractivity contribution in [1.82, 2.24) is 4.81 Å². The van der Waals surface area contributed by atoms with Crippen molar-refractivity contribution in [2.75, 3.05) is 19.7 Å². The van der Waals surface area contributed by atoms with E-state index in [9.17, 15) is 0 Å². The predicted molar refractivity (Wildman–Crippen MR) is 65.5 cm³/mol. The van der Waals surface area contributed by atoms with Gasteiger partial charge < -0.3 is 9.55 Å². The SMILES string of the molecule is BN1CCC([C@H]2C[C@H]2C(C)OCC)CC1. The molecule has 1 unspecified atom stereocenters. The van der Waals surface area contributed by atoms with Crippen LogP contribution in [0.15, 0.2) is 0 Å². The van der Waals surface area contributed by atoms with E-state index in [1.165, 1.54) is 32.4 Å². The topological polar surface area (TPSA) is 12.5 Å². The second kappa shape index (κ2) is 4.88. The summed E-state index contributed by atoms with van der Waals surface area (Å²) in [4.78, 5) is 2.46. The van der Waals surface area contributed by atoms with Gasteiger partial charge in [0, 0.05) is 6.61 Å². The van der Waals surface area contributed by atoms with Crippen LogP contribution in [-0.4, -0.2) is 38.6 Å². The maximum Gasteiger partial charge on any atom is 0.185 e. The largest absolute Gasteiger partial charge is 0.378 e. The molecule has 15 heavy (non-hydrogen) atoms. The Balaban J connectivity index is 1.73. The number of rotatable bonds is 4. The summed E-state index contributed by atoms with van der Waals surface area (Å²) in [5.74, 6) is 2.85. The van der Waals surface area contributed by atoms with Crippen molar-refractivity contribution in [3.63, 3.8) is 0 Å². The summed E-state index contributed by atoms with van der Waals surface area (Å²) < 4.78 is 5.70. The maximum absolute atomic E-state index is 5.70. The monoisotopic (exact) mass is 209 g/mol. The average Bonchev–Trinajstić information content (AvgIpc) is 2.99. The van der Waals surface area contributed by atoms with Crippen LogP contribution in [0.1, 0.15) is 33.1 Å². The first-order chi connectivity index (χ1) is 7.22. The predicted octanol–water partition coefficient (Wildman–Crippen LogP) is 1.31. The van der Waals surface area contributed by atoms with Gasteiger partial charge in [-0.1, -0.05) is 0 Å². The quantitative estimate of drug-likeness (QED) is 0.647. The maximum atomic E-state index is 5.70. The van der Waals surface area contributed by atoms with Crippen molar-refractivity contribution in [1.29, 1.82) is 0 Å². The van der Waals surface area contributed by atoms with Crippen LogP contribution in [0, 0.1) is 17.8 Å². The first-order valence-electron chi connectivity index (χ1n) is 6.52. The zero-order valence-corrected chi connectivity index (χ0v) is 10.4. The molecule has 0 bridgehead atoms. The molecule has 0 radical (unpaired) electrons. The molecule has 1 saturated carbocycles. The summed E-state index contributed by atoms with van der Waals surface area (Å²) in [5, 5.41) is 0. The molecular weight excluding hydrogens is 185 g/mol. The number of hydrogen-bond acceptors (Lipinski definition) is 2. The molecule has 0 aromatic rings. The van der Waals surface area contributed by atoms with Gasteiger partial charge in [-0.2, -0.15) is 0 Å². The molecule has 0 aromatic carbocycles.